The molecule has 1 unspecified atom stereocenters. The maximum absolute atomic E-state index is 8.27. The number of hydrogen-bond donors (Lipinski definition) is 0. The quantitative estimate of drug-likeness (QED) is 0.559. The van der Waals surface area contributed by atoms with Crippen molar-refractivity contribution in [1.82, 2.24) is 0 Å². The Kier molecular flexibility index (Phi) is 4.49. The van der Waals surface area contributed by atoms with Crippen LogP contribution in [0.5, 0.6) is 0 Å². The maximum atomic E-state index is 8.27. The molecule has 0 aliphatic heterocycles. The van der Waals surface area contributed by atoms with Gasteiger partial charge in [0.2, 0.25) is 0 Å². The van der Waals surface area contributed by atoms with Crippen LogP contribution in [0.3, 0.4) is 0 Å². The molecule has 0 bridgehead atoms. The second-order valence-electron chi connectivity index (χ2n) is 1.55. The van der Waals surface area contributed by atoms with E-state index < -0.39 is 6.10 Å². The summed E-state index contributed by atoms with van der Waals surface area (Å²) in [5.74, 6) is 0. The first-order chi connectivity index (χ1) is 4.35. The van der Waals surface area contributed by atoms with E-state index in [4.69, 9.17) is 10.5 Å². The Morgan fingerprint density at radius 1 is 1.56 bits per heavy atom. The zero-order valence-electron chi connectivity index (χ0n) is 5.29. The van der Waals surface area contributed by atoms with Gasteiger partial charge in [-0.05, 0) is 6.42 Å². The van der Waals surface area contributed by atoms with Gasteiger partial charge in [0.1, 0.15) is 6.10 Å². The van der Waals surface area contributed by atoms with Gasteiger partial charge in [0.15, 0.2) is 0 Å². The third-order valence-electron chi connectivity index (χ3n) is 0.947. The maximum Gasteiger partial charge on any atom is 0.144 e. The molecule has 48 valence electrons. The predicted octanol–water partition coefficient (Wildman–Crippen LogP) is 0.829. The molecule has 0 aliphatic carbocycles. The van der Waals surface area contributed by atoms with Gasteiger partial charge in [0, 0.05) is 13.5 Å². The van der Waals surface area contributed by atoms with Gasteiger partial charge in [0.25, 0.3) is 0 Å². The fourth-order valence-corrected chi connectivity index (χ4v) is 0.431. The molecule has 0 radical (unpaired) electrons. The van der Waals surface area contributed by atoms with Gasteiger partial charge in [-0.1, -0.05) is 0 Å². The van der Waals surface area contributed by atoms with E-state index in [-0.39, 0.29) is 0 Å². The number of nitrogens with zero attached hydrogens (tertiary/aromatic N) is 2. The molecule has 0 N–H and O–H groups in total. The first kappa shape index (κ1) is 7.94. The van der Waals surface area contributed by atoms with Crippen LogP contribution in [0.2, 0.25) is 0 Å². The number of ether oxygens (including phenoxy) is 1. The molecule has 0 spiro atoms. The van der Waals surface area contributed by atoms with E-state index in [2.05, 4.69) is 4.74 Å². The first-order valence-corrected chi connectivity index (χ1v) is 2.64. The molecule has 9 heavy (non-hydrogen) atoms. The van der Waals surface area contributed by atoms with Crippen LogP contribution in [0.15, 0.2) is 0 Å². The van der Waals surface area contributed by atoms with Crippen molar-refractivity contribution in [2.45, 2.75) is 18.9 Å². The standard InChI is InChI=1S/C6H8N2O/c1-9-6(5-8)3-2-4-7/h6H,2-3H2,1H3. The SMILES string of the molecule is COC(C#N)CCC#N. The second-order valence-corrected chi connectivity index (χ2v) is 1.55. The molecule has 0 rings (SSSR count). The molecule has 0 saturated heterocycles. The molecule has 0 aromatic carbocycles. The van der Waals surface area contributed by atoms with Crippen molar-refractivity contribution in [2.75, 3.05) is 7.11 Å². The lowest BCUT2D eigenvalue weighted by molar-refractivity contribution is 0.140. The van der Waals surface area contributed by atoms with Crippen molar-refractivity contribution in [3.05, 3.63) is 0 Å². The lowest BCUT2D eigenvalue weighted by Gasteiger charge is -2.00. The summed E-state index contributed by atoms with van der Waals surface area (Å²) in [6, 6.07) is 3.85. The van der Waals surface area contributed by atoms with Crippen LogP contribution in [0, 0.1) is 22.7 Å². The molecule has 0 heterocycles. The van der Waals surface area contributed by atoms with E-state index in [1.165, 1.54) is 7.11 Å². The molecule has 0 saturated carbocycles. The Morgan fingerprint density at radius 2 is 2.22 bits per heavy atom. The predicted molar refractivity (Wildman–Crippen MR) is 31.3 cm³/mol. The Labute approximate surface area is 54.5 Å². The van der Waals surface area contributed by atoms with Crippen LogP contribution in [-0.2, 0) is 4.74 Å². The Balaban J connectivity index is 3.37. The molecule has 3 nitrogen and oxygen atoms in total. The zero-order valence-corrected chi connectivity index (χ0v) is 5.29. The van der Waals surface area contributed by atoms with E-state index in [1.54, 1.807) is 0 Å². The van der Waals surface area contributed by atoms with Gasteiger partial charge in [-0.15, -0.1) is 0 Å². The number of hydrogen-bond acceptors (Lipinski definition) is 3. The van der Waals surface area contributed by atoms with Crippen molar-refractivity contribution in [2.24, 2.45) is 0 Å². The molecule has 3 heteroatoms. The number of methoxy groups -OCH3 is 1. The molecule has 0 aromatic rings. The summed E-state index contributed by atoms with van der Waals surface area (Å²) in [7, 11) is 1.46. The fourth-order valence-electron chi connectivity index (χ4n) is 0.431. The van der Waals surface area contributed by atoms with Crippen molar-refractivity contribution in [3.8, 4) is 12.1 Å². The number of rotatable bonds is 3. The minimum absolute atomic E-state index is 0.381. The summed E-state index contributed by atoms with van der Waals surface area (Å²) >= 11 is 0. The van der Waals surface area contributed by atoms with Crippen molar-refractivity contribution in [1.29, 1.82) is 10.5 Å². The minimum atomic E-state index is -0.412. The van der Waals surface area contributed by atoms with E-state index in [0.29, 0.717) is 12.8 Å². The van der Waals surface area contributed by atoms with Crippen molar-refractivity contribution in [3.63, 3.8) is 0 Å². The van der Waals surface area contributed by atoms with Gasteiger partial charge in [0.05, 0.1) is 12.1 Å². The van der Waals surface area contributed by atoms with E-state index in [1.807, 2.05) is 12.1 Å². The molecule has 0 amide bonds. The highest BCUT2D eigenvalue weighted by Gasteiger charge is 2.01. The van der Waals surface area contributed by atoms with E-state index in [9.17, 15) is 0 Å². The average Bonchev–Trinajstić information content (AvgIpc) is 1.91. The molecule has 0 fully saturated rings. The normalized spacial score (nSPS) is 11.4. The van der Waals surface area contributed by atoms with Crippen LogP contribution < -0.4 is 0 Å². The monoisotopic (exact) mass is 124 g/mol. The average molecular weight is 124 g/mol. The lowest BCUT2D eigenvalue weighted by Crippen LogP contribution is -2.05. The Hall–Kier alpha value is -1.06. The van der Waals surface area contributed by atoms with Gasteiger partial charge >= 0.3 is 0 Å². The van der Waals surface area contributed by atoms with Gasteiger partial charge in [-0.3, -0.25) is 0 Å². The van der Waals surface area contributed by atoms with Crippen LogP contribution in [0.4, 0.5) is 0 Å². The Bertz CT molecular complexity index is 142. The van der Waals surface area contributed by atoms with Gasteiger partial charge in [-0.25, -0.2) is 0 Å². The highest BCUT2D eigenvalue weighted by molar-refractivity contribution is 4.86. The second kappa shape index (κ2) is 5.08. The highest BCUT2D eigenvalue weighted by Crippen LogP contribution is 1.97. The first-order valence-electron chi connectivity index (χ1n) is 2.64. The Morgan fingerprint density at radius 3 is 2.56 bits per heavy atom. The third kappa shape index (κ3) is 3.52. The molecule has 0 aromatic heterocycles. The highest BCUT2D eigenvalue weighted by atomic mass is 16.5. The zero-order chi connectivity index (χ0) is 7.11. The molecule has 0 aliphatic rings. The van der Waals surface area contributed by atoms with Gasteiger partial charge < -0.3 is 4.74 Å². The van der Waals surface area contributed by atoms with Crippen molar-refractivity contribution >= 4 is 0 Å². The van der Waals surface area contributed by atoms with Crippen molar-refractivity contribution < 1.29 is 4.74 Å². The topological polar surface area (TPSA) is 56.8 Å². The van der Waals surface area contributed by atoms with E-state index >= 15 is 0 Å². The van der Waals surface area contributed by atoms with Crippen LogP contribution in [0.1, 0.15) is 12.8 Å². The van der Waals surface area contributed by atoms with Crippen LogP contribution >= 0.6 is 0 Å². The fraction of sp³-hybridized carbons (Fsp3) is 0.667. The summed E-state index contributed by atoms with van der Waals surface area (Å²) in [5.41, 5.74) is 0. The summed E-state index contributed by atoms with van der Waals surface area (Å²) in [4.78, 5) is 0. The minimum Gasteiger partial charge on any atom is -0.366 e. The smallest absolute Gasteiger partial charge is 0.144 e. The summed E-state index contributed by atoms with van der Waals surface area (Å²) in [5, 5.41) is 16.4. The van der Waals surface area contributed by atoms with Crippen LogP contribution in [-0.4, -0.2) is 13.2 Å². The largest absolute Gasteiger partial charge is 0.366 e. The summed E-state index contributed by atoms with van der Waals surface area (Å²) in [6.45, 7) is 0. The molecular weight excluding hydrogens is 116 g/mol. The van der Waals surface area contributed by atoms with Crippen LogP contribution in [0.25, 0.3) is 0 Å². The lowest BCUT2D eigenvalue weighted by atomic mass is 10.2. The number of nitriles is 2. The van der Waals surface area contributed by atoms with E-state index in [0.717, 1.165) is 0 Å². The molecular formula is C6H8N2O. The van der Waals surface area contributed by atoms with Gasteiger partial charge in [-0.2, -0.15) is 10.5 Å². The summed E-state index contributed by atoms with van der Waals surface area (Å²) < 4.78 is 4.69. The third-order valence-corrected chi connectivity index (χ3v) is 0.947. The molecule has 1 atom stereocenters. The summed E-state index contributed by atoms with van der Waals surface area (Å²) in [6.07, 6.45) is 0.472.